The molecule has 2 N–H and O–H groups in total. The van der Waals surface area contributed by atoms with Gasteiger partial charge in [-0.15, -0.1) is 11.3 Å². The van der Waals surface area contributed by atoms with Crippen molar-refractivity contribution >= 4 is 17.4 Å². The zero-order valence-corrected chi connectivity index (χ0v) is 13.0. The van der Waals surface area contributed by atoms with E-state index < -0.39 is 5.60 Å². The molecule has 0 aliphatic carbocycles. The van der Waals surface area contributed by atoms with E-state index >= 15 is 0 Å². The first-order valence-corrected chi connectivity index (χ1v) is 7.55. The number of hydrogen-bond donors (Lipinski definition) is 2. The molecule has 0 unspecified atom stereocenters. The Morgan fingerprint density at radius 1 is 1.47 bits per heavy atom. The van der Waals surface area contributed by atoms with E-state index in [1.165, 1.54) is 10.4 Å². The summed E-state index contributed by atoms with van der Waals surface area (Å²) < 4.78 is 0. The molecule has 4 nitrogen and oxygen atoms in total. The second-order valence-corrected chi connectivity index (χ2v) is 6.21. The van der Waals surface area contributed by atoms with Crippen molar-refractivity contribution in [2.24, 2.45) is 0 Å². The lowest BCUT2D eigenvalue weighted by molar-refractivity contribution is 0.0480. The number of urea groups is 1. The third kappa shape index (κ3) is 5.20. The van der Waals surface area contributed by atoms with Crippen LogP contribution in [0, 0.1) is 0 Å². The molecule has 1 rings (SSSR count). The van der Waals surface area contributed by atoms with Gasteiger partial charge < -0.3 is 15.3 Å². The molecule has 0 fully saturated rings. The number of rotatable bonds is 6. The largest absolute Gasteiger partial charge is 0.389 e. The Bertz CT molecular complexity index is 410. The lowest BCUT2D eigenvalue weighted by atomic mass is 10.1. The molecule has 0 spiro atoms. The van der Waals surface area contributed by atoms with Crippen molar-refractivity contribution < 1.29 is 9.90 Å². The summed E-state index contributed by atoms with van der Waals surface area (Å²) in [4.78, 5) is 14.9. The first-order chi connectivity index (χ1) is 8.87. The molecule has 0 aromatic carbocycles. The van der Waals surface area contributed by atoms with Crippen LogP contribution in [0.4, 0.5) is 4.79 Å². The number of hydrogen-bond acceptors (Lipinski definition) is 3. The molecule has 1 aromatic rings. The van der Waals surface area contributed by atoms with E-state index in [4.69, 9.17) is 0 Å². The van der Waals surface area contributed by atoms with Crippen LogP contribution in [0.3, 0.4) is 0 Å². The molecule has 0 aliphatic heterocycles. The van der Waals surface area contributed by atoms with Gasteiger partial charge >= 0.3 is 6.03 Å². The van der Waals surface area contributed by atoms with Gasteiger partial charge in [-0.2, -0.15) is 0 Å². The van der Waals surface area contributed by atoms with Crippen LogP contribution in [-0.4, -0.2) is 34.7 Å². The molecule has 0 bridgehead atoms. The van der Waals surface area contributed by atoms with Crippen LogP contribution in [0.5, 0.6) is 0 Å². The molecular weight excluding hydrogens is 260 g/mol. The zero-order chi connectivity index (χ0) is 14.5. The average Bonchev–Trinajstić information content (AvgIpc) is 2.79. The molecule has 1 aromatic heterocycles. The first-order valence-electron chi connectivity index (χ1n) is 6.67. The maximum atomic E-state index is 12.1. The van der Waals surface area contributed by atoms with E-state index in [0.717, 1.165) is 6.42 Å². The van der Waals surface area contributed by atoms with E-state index in [9.17, 15) is 9.90 Å². The summed E-state index contributed by atoms with van der Waals surface area (Å²) in [5.41, 5.74) is 0.418. The van der Waals surface area contributed by atoms with E-state index in [1.54, 1.807) is 30.1 Å². The van der Waals surface area contributed by atoms with Crippen molar-refractivity contribution in [2.45, 2.75) is 46.3 Å². The fourth-order valence-corrected chi connectivity index (χ4v) is 2.81. The number of aliphatic hydroxyl groups is 1. The van der Waals surface area contributed by atoms with E-state index in [2.05, 4.69) is 23.7 Å². The maximum absolute atomic E-state index is 12.1. The van der Waals surface area contributed by atoms with E-state index in [-0.39, 0.29) is 6.03 Å². The van der Waals surface area contributed by atoms with Gasteiger partial charge in [0.2, 0.25) is 0 Å². The van der Waals surface area contributed by atoms with Gasteiger partial charge in [0.1, 0.15) is 0 Å². The Labute approximate surface area is 119 Å². The highest BCUT2D eigenvalue weighted by Crippen LogP contribution is 2.17. The molecule has 0 saturated carbocycles. The SMILES string of the molecule is CCc1ccsc1CNC(=O)N(CC)CC(C)(C)O. The predicted molar refractivity (Wildman–Crippen MR) is 79.5 cm³/mol. The number of amides is 2. The average molecular weight is 284 g/mol. The third-order valence-electron chi connectivity index (χ3n) is 2.87. The van der Waals surface area contributed by atoms with Crippen molar-refractivity contribution in [1.82, 2.24) is 10.2 Å². The number of thiophene rings is 1. The summed E-state index contributed by atoms with van der Waals surface area (Å²) in [6.45, 7) is 8.91. The molecule has 0 aliphatic rings. The van der Waals surface area contributed by atoms with Crippen molar-refractivity contribution in [2.75, 3.05) is 13.1 Å². The van der Waals surface area contributed by atoms with Crippen LogP contribution in [0.25, 0.3) is 0 Å². The molecular formula is C14H24N2O2S. The number of aryl methyl sites for hydroxylation is 1. The van der Waals surface area contributed by atoms with Gasteiger partial charge in [0.25, 0.3) is 0 Å². The summed E-state index contributed by atoms with van der Waals surface area (Å²) in [6.07, 6.45) is 0.982. The minimum Gasteiger partial charge on any atom is -0.389 e. The quantitative estimate of drug-likeness (QED) is 0.843. The summed E-state index contributed by atoms with van der Waals surface area (Å²) >= 11 is 1.67. The van der Waals surface area contributed by atoms with Crippen molar-refractivity contribution in [1.29, 1.82) is 0 Å². The number of carbonyl (C=O) groups excluding carboxylic acids is 1. The van der Waals surface area contributed by atoms with Crippen molar-refractivity contribution in [3.63, 3.8) is 0 Å². The Morgan fingerprint density at radius 3 is 2.68 bits per heavy atom. The standard InChI is InChI=1S/C14H24N2O2S/c1-5-11-7-8-19-12(11)9-15-13(17)16(6-2)10-14(3,4)18/h7-8,18H,5-6,9-10H2,1-4H3,(H,15,17). The highest BCUT2D eigenvalue weighted by Gasteiger charge is 2.21. The van der Waals surface area contributed by atoms with Crippen molar-refractivity contribution in [3.05, 3.63) is 21.9 Å². The molecule has 0 radical (unpaired) electrons. The maximum Gasteiger partial charge on any atom is 0.317 e. The first kappa shape index (κ1) is 16.0. The molecule has 0 atom stereocenters. The van der Waals surface area contributed by atoms with Crippen LogP contribution >= 0.6 is 11.3 Å². The summed E-state index contributed by atoms with van der Waals surface area (Å²) in [6, 6.07) is 1.97. The van der Waals surface area contributed by atoms with Gasteiger partial charge in [-0.05, 0) is 44.2 Å². The normalized spacial score (nSPS) is 11.4. The van der Waals surface area contributed by atoms with Crippen molar-refractivity contribution in [3.8, 4) is 0 Å². The topological polar surface area (TPSA) is 52.6 Å². The van der Waals surface area contributed by atoms with Crippen LogP contribution in [0.1, 0.15) is 38.1 Å². The smallest absolute Gasteiger partial charge is 0.317 e. The zero-order valence-electron chi connectivity index (χ0n) is 12.2. The third-order valence-corrected chi connectivity index (χ3v) is 3.83. The fraction of sp³-hybridized carbons (Fsp3) is 0.643. The highest BCUT2D eigenvalue weighted by atomic mass is 32.1. The second-order valence-electron chi connectivity index (χ2n) is 5.21. The molecule has 2 amide bonds. The molecule has 0 saturated heterocycles. The minimum atomic E-state index is -0.870. The predicted octanol–water partition coefficient (Wildman–Crippen LogP) is 2.61. The molecule has 1 heterocycles. The highest BCUT2D eigenvalue weighted by molar-refractivity contribution is 7.10. The lowest BCUT2D eigenvalue weighted by Gasteiger charge is -2.28. The molecule has 5 heteroatoms. The van der Waals surface area contributed by atoms with Gasteiger partial charge in [0.15, 0.2) is 0 Å². The Kier molecular flexibility index (Phi) is 5.82. The van der Waals surface area contributed by atoms with Gasteiger partial charge in [0.05, 0.1) is 18.7 Å². The lowest BCUT2D eigenvalue weighted by Crippen LogP contribution is -2.46. The van der Waals surface area contributed by atoms with Crippen LogP contribution in [0.2, 0.25) is 0 Å². The van der Waals surface area contributed by atoms with Crippen LogP contribution < -0.4 is 5.32 Å². The molecule has 19 heavy (non-hydrogen) atoms. The van der Waals surface area contributed by atoms with Crippen LogP contribution in [-0.2, 0) is 13.0 Å². The Balaban J connectivity index is 2.54. The monoisotopic (exact) mass is 284 g/mol. The minimum absolute atomic E-state index is 0.125. The van der Waals surface area contributed by atoms with Gasteiger partial charge in [-0.25, -0.2) is 4.79 Å². The van der Waals surface area contributed by atoms with E-state index in [0.29, 0.717) is 19.6 Å². The number of nitrogens with one attached hydrogen (secondary N) is 1. The molecule has 108 valence electrons. The summed E-state index contributed by atoms with van der Waals surface area (Å²) in [7, 11) is 0. The summed E-state index contributed by atoms with van der Waals surface area (Å²) in [5.74, 6) is 0. The Hall–Kier alpha value is -1.07. The Morgan fingerprint density at radius 2 is 2.16 bits per heavy atom. The second kappa shape index (κ2) is 6.91. The van der Waals surface area contributed by atoms with Crippen LogP contribution in [0.15, 0.2) is 11.4 Å². The fourth-order valence-electron chi connectivity index (χ4n) is 1.90. The number of nitrogens with zero attached hydrogens (tertiary/aromatic N) is 1. The van der Waals surface area contributed by atoms with Gasteiger partial charge in [0, 0.05) is 11.4 Å². The number of carbonyl (C=O) groups is 1. The van der Waals surface area contributed by atoms with Gasteiger partial charge in [-0.1, -0.05) is 6.92 Å². The number of likely N-dealkylation sites (N-methyl/N-ethyl adjacent to an activating group) is 1. The van der Waals surface area contributed by atoms with Gasteiger partial charge in [-0.3, -0.25) is 0 Å². The summed E-state index contributed by atoms with van der Waals surface area (Å²) in [5, 5.41) is 14.8. The van der Waals surface area contributed by atoms with E-state index in [1.807, 2.05) is 6.92 Å².